The number of aromatic nitrogens is 3. The lowest BCUT2D eigenvalue weighted by atomic mass is 10.2. The molecule has 0 atom stereocenters. The van der Waals surface area contributed by atoms with Crippen LogP contribution in [0.2, 0.25) is 0 Å². The van der Waals surface area contributed by atoms with Crippen molar-refractivity contribution in [3.8, 4) is 0 Å². The highest BCUT2D eigenvalue weighted by molar-refractivity contribution is 4.80. The Labute approximate surface area is 85.7 Å². The van der Waals surface area contributed by atoms with Gasteiger partial charge in [0, 0.05) is 6.54 Å². The predicted molar refractivity (Wildman–Crippen MR) is 56.9 cm³/mol. The summed E-state index contributed by atoms with van der Waals surface area (Å²) < 4.78 is 1.91. The fourth-order valence-corrected chi connectivity index (χ4v) is 1.25. The molecule has 0 aromatic carbocycles. The van der Waals surface area contributed by atoms with Gasteiger partial charge in [-0.2, -0.15) is 5.10 Å². The van der Waals surface area contributed by atoms with Crippen LogP contribution in [0.5, 0.6) is 0 Å². The van der Waals surface area contributed by atoms with Gasteiger partial charge in [0.05, 0.1) is 6.54 Å². The number of nitrogens with zero attached hydrogens (tertiary/aromatic N) is 3. The summed E-state index contributed by atoms with van der Waals surface area (Å²) in [6.07, 6.45) is 2.95. The van der Waals surface area contributed by atoms with Crippen LogP contribution in [0.25, 0.3) is 0 Å². The lowest BCUT2D eigenvalue weighted by Crippen LogP contribution is -2.15. The van der Waals surface area contributed by atoms with E-state index in [4.69, 9.17) is 0 Å². The van der Waals surface area contributed by atoms with Crippen LogP contribution in [0.15, 0.2) is 6.33 Å². The Bertz CT molecular complexity index is 254. The summed E-state index contributed by atoms with van der Waals surface area (Å²) in [5.74, 6) is 1.51. The predicted octanol–water partition coefficient (Wildman–Crippen LogP) is 1.43. The van der Waals surface area contributed by atoms with Crippen molar-refractivity contribution in [1.29, 1.82) is 0 Å². The van der Waals surface area contributed by atoms with Crippen molar-refractivity contribution in [2.45, 2.75) is 40.3 Å². The first-order chi connectivity index (χ1) is 6.72. The molecule has 0 aliphatic rings. The van der Waals surface area contributed by atoms with Crippen molar-refractivity contribution in [3.05, 3.63) is 12.2 Å². The van der Waals surface area contributed by atoms with Crippen LogP contribution in [0, 0.1) is 5.92 Å². The molecule has 4 heteroatoms. The molecule has 1 heterocycles. The van der Waals surface area contributed by atoms with Gasteiger partial charge in [-0.1, -0.05) is 20.8 Å². The molecule has 14 heavy (non-hydrogen) atoms. The minimum atomic E-state index is 0.619. The molecule has 0 radical (unpaired) electrons. The summed E-state index contributed by atoms with van der Waals surface area (Å²) >= 11 is 0. The second-order valence-electron chi connectivity index (χ2n) is 3.95. The Hall–Kier alpha value is -0.900. The molecule has 4 nitrogen and oxygen atoms in total. The zero-order valence-corrected chi connectivity index (χ0v) is 9.32. The molecule has 1 aromatic rings. The van der Waals surface area contributed by atoms with Gasteiger partial charge in [0.1, 0.15) is 6.33 Å². The molecule has 1 rings (SSSR count). The maximum Gasteiger partial charge on any atom is 0.164 e. The lowest BCUT2D eigenvalue weighted by Gasteiger charge is -2.02. The number of hydrogen-bond acceptors (Lipinski definition) is 3. The second kappa shape index (κ2) is 5.75. The first-order valence-electron chi connectivity index (χ1n) is 5.31. The van der Waals surface area contributed by atoms with Crippen LogP contribution in [0.1, 0.15) is 33.0 Å². The number of rotatable bonds is 6. The fraction of sp³-hybridized carbons (Fsp3) is 0.800. The molecule has 0 aliphatic carbocycles. The average molecular weight is 196 g/mol. The zero-order valence-electron chi connectivity index (χ0n) is 9.32. The van der Waals surface area contributed by atoms with E-state index in [1.54, 1.807) is 0 Å². The molecule has 80 valence electrons. The van der Waals surface area contributed by atoms with Crippen molar-refractivity contribution >= 4 is 0 Å². The molecule has 1 aromatic heterocycles. The van der Waals surface area contributed by atoms with E-state index in [0.29, 0.717) is 5.92 Å². The molecule has 1 N–H and O–H groups in total. The van der Waals surface area contributed by atoms with Crippen LogP contribution in [0.3, 0.4) is 0 Å². The Kier molecular flexibility index (Phi) is 4.59. The van der Waals surface area contributed by atoms with Crippen molar-refractivity contribution in [3.63, 3.8) is 0 Å². The Balaban J connectivity index is 2.35. The topological polar surface area (TPSA) is 42.7 Å². The normalized spacial score (nSPS) is 11.1. The van der Waals surface area contributed by atoms with E-state index in [0.717, 1.165) is 31.9 Å². The molecule has 0 amide bonds. The van der Waals surface area contributed by atoms with Gasteiger partial charge >= 0.3 is 0 Å². The fourth-order valence-electron chi connectivity index (χ4n) is 1.25. The van der Waals surface area contributed by atoms with E-state index in [9.17, 15) is 0 Å². The maximum atomic E-state index is 4.37. The van der Waals surface area contributed by atoms with Crippen LogP contribution < -0.4 is 5.32 Å². The van der Waals surface area contributed by atoms with Gasteiger partial charge in [0.25, 0.3) is 0 Å². The minimum Gasteiger partial charge on any atom is -0.310 e. The Morgan fingerprint density at radius 3 is 2.93 bits per heavy atom. The summed E-state index contributed by atoms with van der Waals surface area (Å²) in [7, 11) is 0. The summed E-state index contributed by atoms with van der Waals surface area (Å²) in [6.45, 7) is 9.25. The van der Waals surface area contributed by atoms with Gasteiger partial charge in [0.15, 0.2) is 5.82 Å². The quantitative estimate of drug-likeness (QED) is 0.700. The Morgan fingerprint density at radius 2 is 2.29 bits per heavy atom. The smallest absolute Gasteiger partial charge is 0.164 e. The van der Waals surface area contributed by atoms with Gasteiger partial charge in [-0.15, -0.1) is 0 Å². The number of nitrogens with one attached hydrogen (secondary N) is 1. The van der Waals surface area contributed by atoms with E-state index >= 15 is 0 Å². The first kappa shape index (κ1) is 11.2. The highest BCUT2D eigenvalue weighted by Crippen LogP contribution is 1.97. The number of hydrogen-bond donors (Lipinski definition) is 1. The molecular weight excluding hydrogens is 176 g/mol. The van der Waals surface area contributed by atoms with Crippen molar-refractivity contribution in [1.82, 2.24) is 20.1 Å². The van der Waals surface area contributed by atoms with Crippen LogP contribution in [0.4, 0.5) is 0 Å². The summed E-state index contributed by atoms with van der Waals surface area (Å²) in [4.78, 5) is 4.23. The highest BCUT2D eigenvalue weighted by Gasteiger charge is 2.01. The van der Waals surface area contributed by atoms with Gasteiger partial charge in [-0.3, -0.25) is 4.68 Å². The molecule has 0 fully saturated rings. The molecule has 0 unspecified atom stereocenters. The van der Waals surface area contributed by atoms with Crippen molar-refractivity contribution in [2.75, 3.05) is 6.54 Å². The third-order valence-corrected chi connectivity index (χ3v) is 1.85. The van der Waals surface area contributed by atoms with E-state index in [2.05, 4.69) is 36.2 Å². The van der Waals surface area contributed by atoms with Crippen LogP contribution >= 0.6 is 0 Å². The molecule has 0 bridgehead atoms. The van der Waals surface area contributed by atoms with Crippen LogP contribution in [-0.2, 0) is 13.1 Å². The monoisotopic (exact) mass is 196 g/mol. The third kappa shape index (κ3) is 3.87. The third-order valence-electron chi connectivity index (χ3n) is 1.85. The summed E-state index contributed by atoms with van der Waals surface area (Å²) in [5, 5.41) is 7.64. The van der Waals surface area contributed by atoms with E-state index in [1.807, 2.05) is 11.0 Å². The molecule has 0 saturated heterocycles. The summed E-state index contributed by atoms with van der Waals surface area (Å²) in [6, 6.07) is 0. The summed E-state index contributed by atoms with van der Waals surface area (Å²) in [5.41, 5.74) is 0. The molecule has 0 spiro atoms. The van der Waals surface area contributed by atoms with Gasteiger partial charge in [0.2, 0.25) is 0 Å². The van der Waals surface area contributed by atoms with Gasteiger partial charge in [-0.05, 0) is 18.9 Å². The van der Waals surface area contributed by atoms with Crippen molar-refractivity contribution in [2.24, 2.45) is 5.92 Å². The first-order valence-corrected chi connectivity index (χ1v) is 5.31. The largest absolute Gasteiger partial charge is 0.310 e. The standard InChI is InChI=1S/C10H20N4/c1-4-5-11-6-10-12-8-14(13-10)7-9(2)3/h8-9,11H,4-7H2,1-3H3. The van der Waals surface area contributed by atoms with E-state index in [1.165, 1.54) is 0 Å². The maximum absolute atomic E-state index is 4.37. The van der Waals surface area contributed by atoms with Gasteiger partial charge in [-0.25, -0.2) is 4.98 Å². The second-order valence-corrected chi connectivity index (χ2v) is 3.95. The molecule has 0 aliphatic heterocycles. The molecular formula is C10H20N4. The average Bonchev–Trinajstić information content (AvgIpc) is 2.52. The lowest BCUT2D eigenvalue weighted by molar-refractivity contribution is 0.477. The van der Waals surface area contributed by atoms with E-state index < -0.39 is 0 Å². The molecule has 0 saturated carbocycles. The Morgan fingerprint density at radius 1 is 1.50 bits per heavy atom. The SMILES string of the molecule is CCCNCc1ncn(CC(C)C)n1. The van der Waals surface area contributed by atoms with E-state index in [-0.39, 0.29) is 0 Å². The van der Waals surface area contributed by atoms with Crippen LogP contribution in [-0.4, -0.2) is 21.3 Å². The van der Waals surface area contributed by atoms with Gasteiger partial charge < -0.3 is 5.32 Å². The van der Waals surface area contributed by atoms with Crippen molar-refractivity contribution < 1.29 is 0 Å². The highest BCUT2D eigenvalue weighted by atomic mass is 15.3. The minimum absolute atomic E-state index is 0.619. The zero-order chi connectivity index (χ0) is 10.4.